The molecule has 2 aromatic carbocycles. The number of amides is 2. The summed E-state index contributed by atoms with van der Waals surface area (Å²) in [7, 11) is 0. The van der Waals surface area contributed by atoms with Gasteiger partial charge in [0, 0.05) is 18.7 Å². The highest BCUT2D eigenvalue weighted by atomic mass is 16.2. The van der Waals surface area contributed by atoms with Crippen molar-refractivity contribution in [1.29, 1.82) is 0 Å². The number of hydrogen-bond acceptors (Lipinski definition) is 3. The SMILES string of the molecule is O=C(Nc1ccc2nc[nH]c2c1)[C@H](c1ccccc1)N1CCCCC1=O. The summed E-state index contributed by atoms with van der Waals surface area (Å²) in [5.74, 6) is -0.172. The van der Waals surface area contributed by atoms with E-state index in [1.54, 1.807) is 11.2 Å². The Morgan fingerprint density at radius 1 is 1.15 bits per heavy atom. The summed E-state index contributed by atoms with van der Waals surface area (Å²) in [5.41, 5.74) is 3.20. The molecule has 132 valence electrons. The molecule has 1 aromatic heterocycles. The molecule has 3 aromatic rings. The van der Waals surface area contributed by atoms with Crippen LogP contribution in [-0.4, -0.2) is 33.2 Å². The molecule has 0 spiro atoms. The Kier molecular flexibility index (Phi) is 4.39. The first-order valence-electron chi connectivity index (χ1n) is 8.81. The first kappa shape index (κ1) is 16.3. The van der Waals surface area contributed by atoms with Crippen LogP contribution in [0.5, 0.6) is 0 Å². The molecule has 0 aliphatic carbocycles. The molecule has 4 rings (SSSR count). The summed E-state index contributed by atoms with van der Waals surface area (Å²) < 4.78 is 0. The maximum absolute atomic E-state index is 13.1. The molecule has 0 radical (unpaired) electrons. The Balaban J connectivity index is 1.63. The number of piperidine rings is 1. The van der Waals surface area contributed by atoms with Crippen molar-refractivity contribution in [3.05, 3.63) is 60.4 Å². The molecule has 1 atom stereocenters. The molecule has 2 amide bonds. The third-order valence-electron chi connectivity index (χ3n) is 4.72. The number of nitrogens with zero attached hydrogens (tertiary/aromatic N) is 2. The molecule has 26 heavy (non-hydrogen) atoms. The molecule has 1 aliphatic heterocycles. The lowest BCUT2D eigenvalue weighted by molar-refractivity contribution is -0.141. The van der Waals surface area contributed by atoms with Gasteiger partial charge in [0.25, 0.3) is 5.91 Å². The van der Waals surface area contributed by atoms with Gasteiger partial charge in [-0.2, -0.15) is 0 Å². The first-order valence-corrected chi connectivity index (χ1v) is 8.81. The van der Waals surface area contributed by atoms with Crippen LogP contribution in [0.3, 0.4) is 0 Å². The number of anilines is 1. The third kappa shape index (κ3) is 3.18. The van der Waals surface area contributed by atoms with E-state index < -0.39 is 6.04 Å². The number of carbonyl (C=O) groups is 2. The Bertz CT molecular complexity index is 935. The van der Waals surface area contributed by atoms with Crippen LogP contribution in [0, 0.1) is 0 Å². The largest absolute Gasteiger partial charge is 0.345 e. The lowest BCUT2D eigenvalue weighted by Gasteiger charge is -2.34. The monoisotopic (exact) mass is 348 g/mol. The fourth-order valence-corrected chi connectivity index (χ4v) is 3.43. The first-order chi connectivity index (χ1) is 12.7. The van der Waals surface area contributed by atoms with E-state index in [9.17, 15) is 9.59 Å². The number of benzene rings is 2. The Morgan fingerprint density at radius 2 is 2.00 bits per heavy atom. The molecule has 0 saturated carbocycles. The van der Waals surface area contributed by atoms with Gasteiger partial charge in [0.1, 0.15) is 6.04 Å². The Labute approximate surface area is 151 Å². The second-order valence-electron chi connectivity index (χ2n) is 6.48. The molecule has 2 heterocycles. The van der Waals surface area contributed by atoms with Crippen molar-refractivity contribution in [2.75, 3.05) is 11.9 Å². The van der Waals surface area contributed by atoms with Gasteiger partial charge in [-0.3, -0.25) is 9.59 Å². The quantitative estimate of drug-likeness (QED) is 0.760. The number of fused-ring (bicyclic) bond motifs is 1. The fraction of sp³-hybridized carbons (Fsp3) is 0.250. The van der Waals surface area contributed by atoms with E-state index in [-0.39, 0.29) is 11.8 Å². The molecular formula is C20H20N4O2. The smallest absolute Gasteiger partial charge is 0.251 e. The summed E-state index contributed by atoms with van der Waals surface area (Å²) in [5, 5.41) is 2.96. The number of imidazole rings is 1. The van der Waals surface area contributed by atoms with Gasteiger partial charge in [0.05, 0.1) is 17.4 Å². The number of hydrogen-bond donors (Lipinski definition) is 2. The van der Waals surface area contributed by atoms with Crippen molar-refractivity contribution in [3.8, 4) is 0 Å². The summed E-state index contributed by atoms with van der Waals surface area (Å²) in [6.07, 6.45) is 3.92. The summed E-state index contributed by atoms with van der Waals surface area (Å²) in [4.78, 5) is 34.5. The highest BCUT2D eigenvalue weighted by molar-refractivity contribution is 5.99. The fourth-order valence-electron chi connectivity index (χ4n) is 3.43. The van der Waals surface area contributed by atoms with Gasteiger partial charge in [-0.1, -0.05) is 30.3 Å². The second-order valence-corrected chi connectivity index (χ2v) is 6.48. The average molecular weight is 348 g/mol. The van der Waals surface area contributed by atoms with E-state index in [2.05, 4.69) is 15.3 Å². The molecule has 0 bridgehead atoms. The van der Waals surface area contributed by atoms with Crippen LogP contribution in [0.1, 0.15) is 30.9 Å². The van der Waals surface area contributed by atoms with Crippen LogP contribution in [-0.2, 0) is 9.59 Å². The zero-order valence-corrected chi connectivity index (χ0v) is 14.3. The van der Waals surface area contributed by atoms with Gasteiger partial charge in [-0.05, 0) is 36.6 Å². The minimum Gasteiger partial charge on any atom is -0.345 e. The van der Waals surface area contributed by atoms with E-state index in [0.29, 0.717) is 18.7 Å². The second kappa shape index (κ2) is 7.00. The Hall–Kier alpha value is -3.15. The normalized spacial score (nSPS) is 15.8. The van der Waals surface area contributed by atoms with E-state index in [4.69, 9.17) is 0 Å². The van der Waals surface area contributed by atoms with Crippen molar-refractivity contribution in [2.24, 2.45) is 0 Å². The molecule has 6 heteroatoms. The number of rotatable bonds is 4. The number of nitrogens with one attached hydrogen (secondary N) is 2. The predicted octanol–water partition coefficient (Wildman–Crippen LogP) is 3.26. The maximum Gasteiger partial charge on any atom is 0.251 e. The van der Waals surface area contributed by atoms with Gasteiger partial charge < -0.3 is 15.2 Å². The number of aromatic nitrogens is 2. The maximum atomic E-state index is 13.1. The number of aromatic amines is 1. The lowest BCUT2D eigenvalue weighted by Crippen LogP contribution is -2.43. The molecular weight excluding hydrogens is 328 g/mol. The molecule has 1 aliphatic rings. The molecule has 2 N–H and O–H groups in total. The number of H-pyrrole nitrogens is 1. The van der Waals surface area contributed by atoms with Crippen LogP contribution in [0.25, 0.3) is 11.0 Å². The van der Waals surface area contributed by atoms with Crippen LogP contribution in [0.2, 0.25) is 0 Å². The minimum atomic E-state index is -0.624. The summed E-state index contributed by atoms with van der Waals surface area (Å²) in [6, 6.07) is 14.4. The summed E-state index contributed by atoms with van der Waals surface area (Å²) in [6.45, 7) is 0.603. The van der Waals surface area contributed by atoms with Crippen molar-refractivity contribution < 1.29 is 9.59 Å². The van der Waals surface area contributed by atoms with Crippen LogP contribution < -0.4 is 5.32 Å². The highest BCUT2D eigenvalue weighted by Crippen LogP contribution is 2.27. The van der Waals surface area contributed by atoms with Gasteiger partial charge >= 0.3 is 0 Å². The van der Waals surface area contributed by atoms with E-state index in [1.807, 2.05) is 48.5 Å². The van der Waals surface area contributed by atoms with Crippen LogP contribution in [0.4, 0.5) is 5.69 Å². The van der Waals surface area contributed by atoms with Gasteiger partial charge in [0.15, 0.2) is 0 Å². The van der Waals surface area contributed by atoms with Crippen molar-refractivity contribution in [1.82, 2.24) is 14.9 Å². The van der Waals surface area contributed by atoms with E-state index >= 15 is 0 Å². The van der Waals surface area contributed by atoms with Crippen LogP contribution >= 0.6 is 0 Å². The standard InChI is InChI=1S/C20H20N4O2/c25-18-8-4-5-11-24(18)19(14-6-2-1-3-7-14)20(26)23-15-9-10-16-17(12-15)22-13-21-16/h1-3,6-7,9-10,12-13,19H,4-5,8,11H2,(H,21,22)(H,23,26)/t19-/m0/s1. The topological polar surface area (TPSA) is 78.1 Å². The van der Waals surface area contributed by atoms with Crippen molar-refractivity contribution in [3.63, 3.8) is 0 Å². The zero-order valence-electron chi connectivity index (χ0n) is 14.3. The minimum absolute atomic E-state index is 0.0317. The lowest BCUT2D eigenvalue weighted by atomic mass is 10.0. The van der Waals surface area contributed by atoms with Gasteiger partial charge in [0.2, 0.25) is 5.91 Å². The third-order valence-corrected chi connectivity index (χ3v) is 4.72. The number of carbonyl (C=O) groups excluding carboxylic acids is 2. The Morgan fingerprint density at radius 3 is 2.81 bits per heavy atom. The zero-order chi connectivity index (χ0) is 17.9. The summed E-state index contributed by atoms with van der Waals surface area (Å²) >= 11 is 0. The van der Waals surface area contributed by atoms with E-state index in [0.717, 1.165) is 29.4 Å². The molecule has 0 unspecified atom stereocenters. The molecule has 1 fully saturated rings. The van der Waals surface area contributed by atoms with E-state index in [1.165, 1.54) is 0 Å². The van der Waals surface area contributed by atoms with Crippen molar-refractivity contribution in [2.45, 2.75) is 25.3 Å². The average Bonchev–Trinajstić information content (AvgIpc) is 3.12. The van der Waals surface area contributed by atoms with Gasteiger partial charge in [-0.15, -0.1) is 0 Å². The van der Waals surface area contributed by atoms with Crippen molar-refractivity contribution >= 4 is 28.5 Å². The van der Waals surface area contributed by atoms with Gasteiger partial charge in [-0.25, -0.2) is 4.98 Å². The molecule has 1 saturated heterocycles. The van der Waals surface area contributed by atoms with Crippen LogP contribution in [0.15, 0.2) is 54.9 Å². The molecule has 6 nitrogen and oxygen atoms in total. The highest BCUT2D eigenvalue weighted by Gasteiger charge is 2.32. The number of likely N-dealkylation sites (tertiary alicyclic amines) is 1. The predicted molar refractivity (Wildman–Crippen MR) is 99.5 cm³/mol.